The molecule has 7 heteroatoms. The third-order valence-electron chi connectivity index (χ3n) is 4.89. The van der Waals surface area contributed by atoms with Crippen LogP contribution in [-0.4, -0.2) is 58.1 Å². The zero-order valence-corrected chi connectivity index (χ0v) is 14.8. The van der Waals surface area contributed by atoms with E-state index in [-0.39, 0.29) is 37.6 Å². The lowest BCUT2D eigenvalue weighted by atomic mass is 9.93. The number of benzene rings is 1. The fourth-order valence-corrected chi connectivity index (χ4v) is 3.60. The highest BCUT2D eigenvalue weighted by Gasteiger charge is 2.57. The molecule has 0 amide bonds. The van der Waals surface area contributed by atoms with Crippen LogP contribution in [0.4, 0.5) is 4.39 Å². The molecule has 1 aromatic carbocycles. The maximum Gasteiger partial charge on any atom is 0.306 e. The lowest BCUT2D eigenvalue weighted by Crippen LogP contribution is -2.33. The molecule has 2 fully saturated rings. The number of hydrogen-bond donors (Lipinski definition) is 0. The number of fused-ring (bicyclic) bond motifs is 1. The van der Waals surface area contributed by atoms with E-state index < -0.39 is 18.4 Å². The number of esters is 1. The molecule has 5 atom stereocenters. The molecule has 0 radical (unpaired) electrons. The zero-order chi connectivity index (χ0) is 18.4. The van der Waals surface area contributed by atoms with Crippen molar-refractivity contribution in [2.45, 2.75) is 31.4 Å². The Balaban J connectivity index is 1.56. The molecule has 1 heterocycles. The molecule has 2 aliphatic rings. The first-order chi connectivity index (χ1) is 12.7. The molecular weight excluding hydrogens is 343 g/mol. The molecule has 1 saturated carbocycles. The average molecular weight is 368 g/mol. The molecule has 0 aromatic heterocycles. The Kier molecular flexibility index (Phi) is 6.96. The summed E-state index contributed by atoms with van der Waals surface area (Å²) in [4.78, 5) is 11.6. The van der Waals surface area contributed by atoms with Crippen molar-refractivity contribution in [3.63, 3.8) is 0 Å². The van der Waals surface area contributed by atoms with Crippen molar-refractivity contribution in [2.75, 3.05) is 33.7 Å². The Hall–Kier alpha value is -1.54. The van der Waals surface area contributed by atoms with E-state index >= 15 is 0 Å². The van der Waals surface area contributed by atoms with Crippen molar-refractivity contribution >= 4 is 5.97 Å². The smallest absolute Gasteiger partial charge is 0.306 e. The second-order valence-electron chi connectivity index (χ2n) is 6.58. The van der Waals surface area contributed by atoms with Gasteiger partial charge >= 0.3 is 5.97 Å². The van der Waals surface area contributed by atoms with E-state index in [0.717, 1.165) is 5.56 Å². The van der Waals surface area contributed by atoms with Gasteiger partial charge in [0.05, 0.1) is 39.0 Å². The standard InChI is InChI=1S/C19H25FO6/c1-22-7-8-23-12-24-11-15-14-9-16(21)26-19(14)17(20)18(15)25-10-13-5-3-2-4-6-13/h2-6,14-15,17-19H,7-12H2,1H3/t14-,15?,17+,18+,19-/m1/s1. The van der Waals surface area contributed by atoms with Crippen molar-refractivity contribution in [1.82, 2.24) is 0 Å². The molecular formula is C19H25FO6. The van der Waals surface area contributed by atoms with E-state index in [0.29, 0.717) is 19.8 Å². The number of methoxy groups -OCH3 is 1. The van der Waals surface area contributed by atoms with E-state index in [2.05, 4.69) is 0 Å². The quantitative estimate of drug-likeness (QED) is 0.358. The van der Waals surface area contributed by atoms with Crippen LogP contribution in [0.5, 0.6) is 0 Å². The third-order valence-corrected chi connectivity index (χ3v) is 4.89. The second kappa shape index (κ2) is 9.41. The first kappa shape index (κ1) is 19.2. The van der Waals surface area contributed by atoms with Gasteiger partial charge in [-0.1, -0.05) is 30.3 Å². The first-order valence-corrected chi connectivity index (χ1v) is 8.84. The number of carbonyl (C=O) groups is 1. The molecule has 0 bridgehead atoms. The van der Waals surface area contributed by atoms with Crippen molar-refractivity contribution in [3.8, 4) is 0 Å². The average Bonchev–Trinajstić information content (AvgIpc) is 3.14. The van der Waals surface area contributed by atoms with Gasteiger partial charge in [0.15, 0.2) is 6.17 Å². The molecule has 0 spiro atoms. The van der Waals surface area contributed by atoms with Gasteiger partial charge in [-0.05, 0) is 5.56 Å². The Morgan fingerprint density at radius 1 is 1.19 bits per heavy atom. The van der Waals surface area contributed by atoms with E-state index in [1.165, 1.54) is 0 Å². The molecule has 3 rings (SSSR count). The summed E-state index contributed by atoms with van der Waals surface area (Å²) in [5.41, 5.74) is 0.969. The van der Waals surface area contributed by atoms with E-state index in [4.69, 9.17) is 23.7 Å². The van der Waals surface area contributed by atoms with E-state index in [1.54, 1.807) is 7.11 Å². The number of ether oxygens (including phenoxy) is 5. The summed E-state index contributed by atoms with van der Waals surface area (Å²) in [7, 11) is 1.59. The minimum Gasteiger partial charge on any atom is -0.459 e. The summed E-state index contributed by atoms with van der Waals surface area (Å²) in [6.45, 7) is 1.56. The van der Waals surface area contributed by atoms with Crippen LogP contribution in [-0.2, 0) is 35.1 Å². The molecule has 1 saturated heterocycles. The minimum atomic E-state index is -1.35. The van der Waals surface area contributed by atoms with Crippen LogP contribution in [0.1, 0.15) is 12.0 Å². The molecule has 144 valence electrons. The van der Waals surface area contributed by atoms with Crippen LogP contribution in [0.25, 0.3) is 0 Å². The summed E-state index contributed by atoms with van der Waals surface area (Å²) in [5.74, 6) is -0.834. The van der Waals surface area contributed by atoms with Crippen LogP contribution < -0.4 is 0 Å². The maximum absolute atomic E-state index is 14.8. The predicted octanol–water partition coefficient (Wildman–Crippen LogP) is 2.11. The molecule has 6 nitrogen and oxygen atoms in total. The van der Waals surface area contributed by atoms with Crippen molar-refractivity contribution < 1.29 is 32.9 Å². The molecule has 0 N–H and O–H groups in total. The zero-order valence-electron chi connectivity index (χ0n) is 14.8. The van der Waals surface area contributed by atoms with Gasteiger partial charge in [0.2, 0.25) is 0 Å². The Labute approximate surface area is 152 Å². The number of hydrogen-bond acceptors (Lipinski definition) is 6. The summed E-state index contributed by atoms with van der Waals surface area (Å²) in [6.07, 6.45) is -2.56. The Morgan fingerprint density at radius 2 is 2.00 bits per heavy atom. The highest BCUT2D eigenvalue weighted by molar-refractivity contribution is 5.72. The normalized spacial score (nSPS) is 30.4. The van der Waals surface area contributed by atoms with Crippen LogP contribution >= 0.6 is 0 Å². The minimum absolute atomic E-state index is 0.0917. The maximum atomic E-state index is 14.8. The predicted molar refractivity (Wildman–Crippen MR) is 90.0 cm³/mol. The van der Waals surface area contributed by atoms with Gasteiger partial charge in [0.1, 0.15) is 12.9 Å². The Morgan fingerprint density at radius 3 is 2.77 bits per heavy atom. The van der Waals surface area contributed by atoms with E-state index in [1.807, 2.05) is 30.3 Å². The van der Waals surface area contributed by atoms with Crippen LogP contribution in [0.15, 0.2) is 30.3 Å². The Bertz CT molecular complexity index is 568. The first-order valence-electron chi connectivity index (χ1n) is 8.84. The topological polar surface area (TPSA) is 63.2 Å². The van der Waals surface area contributed by atoms with Gasteiger partial charge in [-0.15, -0.1) is 0 Å². The number of carbonyl (C=O) groups excluding carboxylic acids is 1. The number of rotatable bonds is 10. The number of alkyl halides is 1. The fraction of sp³-hybridized carbons (Fsp3) is 0.632. The van der Waals surface area contributed by atoms with Gasteiger partial charge in [-0.3, -0.25) is 4.79 Å². The van der Waals surface area contributed by atoms with Crippen LogP contribution in [0.3, 0.4) is 0 Å². The highest BCUT2D eigenvalue weighted by atomic mass is 19.1. The van der Waals surface area contributed by atoms with Crippen molar-refractivity contribution in [1.29, 1.82) is 0 Å². The van der Waals surface area contributed by atoms with Gasteiger partial charge < -0.3 is 23.7 Å². The lowest BCUT2D eigenvalue weighted by molar-refractivity contribution is -0.146. The van der Waals surface area contributed by atoms with Gasteiger partial charge in [-0.2, -0.15) is 0 Å². The SMILES string of the molecule is COCCOCOCC1[C@H]2CC(=O)O[C@H]2[C@@H](F)[C@H]1OCc1ccccc1. The molecule has 1 aromatic rings. The van der Waals surface area contributed by atoms with Gasteiger partial charge in [0.25, 0.3) is 0 Å². The van der Waals surface area contributed by atoms with Gasteiger partial charge in [-0.25, -0.2) is 4.39 Å². The van der Waals surface area contributed by atoms with Crippen LogP contribution in [0.2, 0.25) is 0 Å². The summed E-state index contributed by atoms with van der Waals surface area (Å²) in [6, 6.07) is 9.60. The molecule has 1 unspecified atom stereocenters. The lowest BCUT2D eigenvalue weighted by Gasteiger charge is -2.24. The second-order valence-corrected chi connectivity index (χ2v) is 6.58. The summed E-state index contributed by atoms with van der Waals surface area (Å²) < 4.78 is 41.6. The third kappa shape index (κ3) is 4.59. The molecule has 1 aliphatic heterocycles. The van der Waals surface area contributed by atoms with Gasteiger partial charge in [0, 0.05) is 18.9 Å². The van der Waals surface area contributed by atoms with Crippen LogP contribution in [0, 0.1) is 11.8 Å². The molecule has 1 aliphatic carbocycles. The monoisotopic (exact) mass is 368 g/mol. The summed E-state index contributed by atoms with van der Waals surface area (Å²) in [5, 5.41) is 0. The largest absolute Gasteiger partial charge is 0.459 e. The van der Waals surface area contributed by atoms with Crippen molar-refractivity contribution in [3.05, 3.63) is 35.9 Å². The van der Waals surface area contributed by atoms with Crippen molar-refractivity contribution in [2.24, 2.45) is 11.8 Å². The molecule has 26 heavy (non-hydrogen) atoms. The summed E-state index contributed by atoms with van der Waals surface area (Å²) >= 11 is 0. The van der Waals surface area contributed by atoms with E-state index in [9.17, 15) is 9.18 Å². The fourth-order valence-electron chi connectivity index (χ4n) is 3.60. The highest BCUT2D eigenvalue weighted by Crippen LogP contribution is 2.44. The number of halogens is 1.